The van der Waals surface area contributed by atoms with Crippen LogP contribution in [0.25, 0.3) is 11.1 Å². The van der Waals surface area contributed by atoms with E-state index in [-0.39, 0.29) is 23.9 Å². The van der Waals surface area contributed by atoms with Crippen molar-refractivity contribution in [1.29, 1.82) is 0 Å². The third-order valence-electron chi connectivity index (χ3n) is 6.71. The van der Waals surface area contributed by atoms with Crippen molar-refractivity contribution in [2.75, 3.05) is 26.2 Å². The highest BCUT2D eigenvalue weighted by atomic mass is 32.1. The van der Waals surface area contributed by atoms with Crippen LogP contribution in [0.5, 0.6) is 0 Å². The van der Waals surface area contributed by atoms with Crippen molar-refractivity contribution in [2.45, 2.75) is 31.6 Å². The van der Waals surface area contributed by atoms with E-state index in [1.165, 1.54) is 17.4 Å². The number of aromatic nitrogens is 1. The Labute approximate surface area is 210 Å². The van der Waals surface area contributed by atoms with Gasteiger partial charge in [-0.05, 0) is 48.2 Å². The minimum atomic E-state index is -4.41. The third-order valence-corrected chi connectivity index (χ3v) is 7.47. The van der Waals surface area contributed by atoms with E-state index in [0.29, 0.717) is 47.9 Å². The molecule has 0 saturated carbocycles. The summed E-state index contributed by atoms with van der Waals surface area (Å²) in [6.45, 7) is 4.25. The van der Waals surface area contributed by atoms with E-state index in [1.54, 1.807) is 47.7 Å². The normalized spacial score (nSPS) is 18.4. The van der Waals surface area contributed by atoms with Crippen molar-refractivity contribution in [3.8, 4) is 11.1 Å². The summed E-state index contributed by atoms with van der Waals surface area (Å²) < 4.78 is 39.2. The molecular formula is C26H25F3N4O2S. The number of carbonyl (C=O) groups excluding carboxylic acids is 2. The number of carbonyl (C=O) groups is 2. The van der Waals surface area contributed by atoms with Gasteiger partial charge >= 0.3 is 6.18 Å². The second kappa shape index (κ2) is 9.67. The van der Waals surface area contributed by atoms with Crippen LogP contribution in [0.4, 0.5) is 13.2 Å². The van der Waals surface area contributed by atoms with E-state index in [9.17, 15) is 22.8 Å². The Kier molecular flexibility index (Phi) is 6.57. The van der Waals surface area contributed by atoms with Crippen molar-refractivity contribution >= 4 is 23.2 Å². The molecule has 2 aromatic carbocycles. The number of hydrogen-bond donors (Lipinski definition) is 1. The molecule has 1 atom stereocenters. The van der Waals surface area contributed by atoms with Crippen molar-refractivity contribution in [3.05, 3.63) is 75.7 Å². The number of nitrogens with one attached hydrogen (secondary N) is 1. The van der Waals surface area contributed by atoms with Crippen LogP contribution < -0.4 is 5.32 Å². The van der Waals surface area contributed by atoms with Crippen LogP contribution in [-0.4, -0.2) is 64.9 Å². The molecule has 3 aromatic rings. The van der Waals surface area contributed by atoms with Crippen molar-refractivity contribution in [3.63, 3.8) is 0 Å². The van der Waals surface area contributed by atoms with Crippen LogP contribution in [0.3, 0.4) is 0 Å². The summed E-state index contributed by atoms with van der Waals surface area (Å²) in [6.07, 6.45) is -1.92. The average molecular weight is 515 g/mol. The molecule has 0 spiro atoms. The summed E-state index contributed by atoms with van der Waals surface area (Å²) >= 11 is 1.34. The maximum atomic E-state index is 13.1. The zero-order valence-electron chi connectivity index (χ0n) is 19.6. The summed E-state index contributed by atoms with van der Waals surface area (Å²) in [7, 11) is 0. The van der Waals surface area contributed by atoms with E-state index >= 15 is 0 Å². The Morgan fingerprint density at radius 3 is 2.44 bits per heavy atom. The molecule has 2 saturated heterocycles. The average Bonchev–Trinajstić information content (AvgIpc) is 3.52. The monoisotopic (exact) mass is 514 g/mol. The van der Waals surface area contributed by atoms with Gasteiger partial charge in [0.05, 0.1) is 5.56 Å². The van der Waals surface area contributed by atoms with Gasteiger partial charge in [0, 0.05) is 55.4 Å². The smallest absolute Gasteiger partial charge is 0.335 e. The van der Waals surface area contributed by atoms with Crippen LogP contribution in [0.1, 0.15) is 37.7 Å². The van der Waals surface area contributed by atoms with Crippen LogP contribution in [0, 0.1) is 6.92 Å². The minimum Gasteiger partial charge on any atom is -0.335 e. The molecule has 1 aromatic heterocycles. The predicted octanol–water partition coefficient (Wildman–Crippen LogP) is 4.47. The topological polar surface area (TPSA) is 65.5 Å². The number of amides is 2. The van der Waals surface area contributed by atoms with Gasteiger partial charge in [-0.15, -0.1) is 11.3 Å². The number of aryl methyl sites for hydroxylation is 1. The lowest BCUT2D eigenvalue weighted by Gasteiger charge is -2.41. The predicted molar refractivity (Wildman–Crippen MR) is 131 cm³/mol. The fourth-order valence-corrected chi connectivity index (χ4v) is 5.36. The maximum Gasteiger partial charge on any atom is 0.416 e. The van der Waals surface area contributed by atoms with Gasteiger partial charge in [-0.25, -0.2) is 4.98 Å². The zero-order valence-corrected chi connectivity index (χ0v) is 20.4. The van der Waals surface area contributed by atoms with E-state index in [4.69, 9.17) is 0 Å². The number of hydrogen-bond acceptors (Lipinski definition) is 5. The lowest BCUT2D eigenvalue weighted by atomic mass is 9.97. The van der Waals surface area contributed by atoms with Gasteiger partial charge in [0.2, 0.25) is 0 Å². The Balaban J connectivity index is 1.16. The highest BCUT2D eigenvalue weighted by Gasteiger charge is 2.36. The number of alkyl halides is 3. The van der Waals surface area contributed by atoms with E-state index < -0.39 is 11.7 Å². The van der Waals surface area contributed by atoms with E-state index in [0.717, 1.165) is 24.1 Å². The fraction of sp³-hybridized carbons (Fsp3) is 0.346. The molecule has 36 heavy (non-hydrogen) atoms. The first-order valence-electron chi connectivity index (χ1n) is 11.7. The molecule has 1 N–H and O–H groups in total. The standard InChI is InChI=1S/C26H25F3N4O2S/c1-16-11-18(17-3-2-4-19(12-17)26(27,28)29)5-6-22(16)24(34)33-14-21(15-33)31-20-7-9-32(13-20)25(35)23-30-8-10-36-23/h2-6,8,10-12,20-21,31H,7,9,13-15H2,1H3. The molecule has 3 heterocycles. The highest BCUT2D eigenvalue weighted by Crippen LogP contribution is 2.33. The van der Waals surface area contributed by atoms with Crippen molar-refractivity contribution in [1.82, 2.24) is 20.1 Å². The molecule has 10 heteroatoms. The molecule has 188 valence electrons. The van der Waals surface area contributed by atoms with Gasteiger partial charge in [-0.1, -0.05) is 24.3 Å². The van der Waals surface area contributed by atoms with Gasteiger partial charge in [-0.2, -0.15) is 13.2 Å². The summed E-state index contributed by atoms with van der Waals surface area (Å²) in [4.78, 5) is 33.2. The van der Waals surface area contributed by atoms with Gasteiger partial charge < -0.3 is 15.1 Å². The molecule has 2 aliphatic heterocycles. The Bertz CT molecular complexity index is 1270. The van der Waals surface area contributed by atoms with Gasteiger partial charge in [0.15, 0.2) is 5.01 Å². The Hall–Kier alpha value is -3.24. The van der Waals surface area contributed by atoms with E-state index in [1.807, 2.05) is 4.90 Å². The molecule has 2 aliphatic rings. The van der Waals surface area contributed by atoms with Crippen LogP contribution in [0.2, 0.25) is 0 Å². The van der Waals surface area contributed by atoms with Crippen LogP contribution >= 0.6 is 11.3 Å². The molecule has 6 nitrogen and oxygen atoms in total. The van der Waals surface area contributed by atoms with Crippen molar-refractivity contribution in [2.24, 2.45) is 0 Å². The highest BCUT2D eigenvalue weighted by molar-refractivity contribution is 7.11. The third kappa shape index (κ3) is 5.01. The van der Waals surface area contributed by atoms with Crippen LogP contribution in [-0.2, 0) is 6.18 Å². The second-order valence-corrected chi connectivity index (χ2v) is 10.2. The van der Waals surface area contributed by atoms with E-state index in [2.05, 4.69) is 10.3 Å². The largest absolute Gasteiger partial charge is 0.416 e. The summed E-state index contributed by atoms with van der Waals surface area (Å²) in [6, 6.07) is 10.7. The molecule has 5 rings (SSSR count). The van der Waals surface area contributed by atoms with Gasteiger partial charge in [0.1, 0.15) is 0 Å². The molecular weight excluding hydrogens is 489 g/mol. The summed E-state index contributed by atoms with van der Waals surface area (Å²) in [5, 5.41) is 5.84. The first-order chi connectivity index (χ1) is 17.2. The van der Waals surface area contributed by atoms with Crippen molar-refractivity contribution < 1.29 is 22.8 Å². The number of thiazole rings is 1. The fourth-order valence-electron chi connectivity index (χ4n) is 4.76. The number of rotatable bonds is 5. The number of benzene rings is 2. The van der Waals surface area contributed by atoms with Gasteiger partial charge in [-0.3, -0.25) is 9.59 Å². The summed E-state index contributed by atoms with van der Waals surface area (Å²) in [5.74, 6) is -0.128. The quantitative estimate of drug-likeness (QED) is 0.546. The Morgan fingerprint density at radius 1 is 1.00 bits per heavy atom. The first kappa shape index (κ1) is 24.5. The summed E-state index contributed by atoms with van der Waals surface area (Å²) in [5.41, 5.74) is 1.66. The molecule has 0 bridgehead atoms. The minimum absolute atomic E-state index is 0.0382. The zero-order chi connectivity index (χ0) is 25.4. The number of halogens is 3. The molecule has 0 aliphatic carbocycles. The molecule has 2 amide bonds. The maximum absolute atomic E-state index is 13.1. The number of nitrogens with zero attached hydrogens (tertiary/aromatic N) is 3. The molecule has 2 fully saturated rings. The van der Waals surface area contributed by atoms with Gasteiger partial charge in [0.25, 0.3) is 11.8 Å². The number of likely N-dealkylation sites (tertiary alicyclic amines) is 2. The molecule has 1 unspecified atom stereocenters. The first-order valence-corrected chi connectivity index (χ1v) is 12.6. The lowest BCUT2D eigenvalue weighted by molar-refractivity contribution is -0.137. The SMILES string of the molecule is Cc1cc(-c2cccc(C(F)(F)F)c2)ccc1C(=O)N1CC(NC2CCN(C(=O)c3nccs3)C2)C1. The lowest BCUT2D eigenvalue weighted by Crippen LogP contribution is -2.62. The second-order valence-electron chi connectivity index (χ2n) is 9.26. The Morgan fingerprint density at radius 2 is 1.75 bits per heavy atom. The molecule has 0 radical (unpaired) electrons. The van der Waals surface area contributed by atoms with Crippen LogP contribution in [0.15, 0.2) is 54.0 Å².